The summed E-state index contributed by atoms with van der Waals surface area (Å²) in [5.74, 6) is 1.45. The highest BCUT2D eigenvalue weighted by Crippen LogP contribution is 2.27. The number of aromatic amines is 1. The van der Waals surface area contributed by atoms with Gasteiger partial charge in [0, 0.05) is 25.2 Å². The van der Waals surface area contributed by atoms with Crippen LogP contribution in [0.4, 0.5) is 11.8 Å². The normalized spacial score (nSPS) is 25.8. The first-order valence-corrected chi connectivity index (χ1v) is 9.92. The second-order valence-electron chi connectivity index (χ2n) is 7.62. The van der Waals surface area contributed by atoms with E-state index in [1.165, 1.54) is 5.56 Å². The first-order valence-electron chi connectivity index (χ1n) is 9.92. The van der Waals surface area contributed by atoms with Gasteiger partial charge in [-0.25, -0.2) is 0 Å². The Bertz CT molecular complexity index is 822. The molecule has 3 atom stereocenters. The molecule has 4 rings (SSSR count). The van der Waals surface area contributed by atoms with Gasteiger partial charge < -0.3 is 14.5 Å². The fraction of sp³-hybridized carbons (Fsp3) is 0.524. The zero-order valence-corrected chi connectivity index (χ0v) is 16.1. The summed E-state index contributed by atoms with van der Waals surface area (Å²) >= 11 is 0. The Hall–Kier alpha value is -2.34. The smallest absolute Gasteiger partial charge is 0.254 e. The van der Waals surface area contributed by atoms with Crippen LogP contribution in [0.1, 0.15) is 32.3 Å². The van der Waals surface area contributed by atoms with Crippen LogP contribution in [0.5, 0.6) is 0 Å². The number of H-pyrrole nitrogens is 1. The molecule has 0 spiro atoms. The van der Waals surface area contributed by atoms with E-state index in [0.717, 1.165) is 38.2 Å². The van der Waals surface area contributed by atoms with Crippen LogP contribution in [0, 0.1) is 0 Å². The minimum absolute atomic E-state index is 0.0910. The van der Waals surface area contributed by atoms with Crippen molar-refractivity contribution in [3.63, 3.8) is 0 Å². The third-order valence-electron chi connectivity index (χ3n) is 5.86. The van der Waals surface area contributed by atoms with Crippen molar-refractivity contribution in [2.24, 2.45) is 0 Å². The summed E-state index contributed by atoms with van der Waals surface area (Å²) in [5, 5.41) is 0. The number of anilines is 2. The molecule has 3 heterocycles. The average molecular weight is 368 g/mol. The molecule has 0 amide bonds. The second-order valence-corrected chi connectivity index (χ2v) is 7.62. The third kappa shape index (κ3) is 3.86. The van der Waals surface area contributed by atoms with E-state index in [-0.39, 0.29) is 17.7 Å². The van der Waals surface area contributed by atoms with Gasteiger partial charge in [0.05, 0.1) is 18.8 Å². The topological polar surface area (TPSA) is 61.5 Å². The molecule has 1 aromatic carbocycles. The predicted molar refractivity (Wildman–Crippen MR) is 108 cm³/mol. The van der Waals surface area contributed by atoms with Gasteiger partial charge in [0.25, 0.3) is 5.56 Å². The van der Waals surface area contributed by atoms with E-state index in [1.807, 2.05) is 6.07 Å². The predicted octanol–water partition coefficient (Wildman–Crippen LogP) is 2.59. The Balaban J connectivity index is 1.59. The lowest BCUT2D eigenvalue weighted by Crippen LogP contribution is -2.49. The molecule has 2 aromatic rings. The molecule has 0 saturated carbocycles. The molecule has 1 N–H and O–H groups in total. The molecule has 144 valence electrons. The van der Waals surface area contributed by atoms with Gasteiger partial charge in [-0.15, -0.1) is 0 Å². The van der Waals surface area contributed by atoms with Crippen LogP contribution in [0.15, 0.2) is 41.2 Å². The Morgan fingerprint density at radius 1 is 1.19 bits per heavy atom. The first-order chi connectivity index (χ1) is 13.1. The lowest BCUT2D eigenvalue weighted by molar-refractivity contribution is 0.0281. The van der Waals surface area contributed by atoms with Gasteiger partial charge in [0.15, 0.2) is 0 Å². The van der Waals surface area contributed by atoms with E-state index in [2.05, 4.69) is 52.9 Å². The zero-order chi connectivity index (χ0) is 18.8. The molecule has 2 saturated heterocycles. The summed E-state index contributed by atoms with van der Waals surface area (Å²) < 4.78 is 5.72. The fourth-order valence-corrected chi connectivity index (χ4v) is 4.18. The molecule has 6 heteroatoms. The van der Waals surface area contributed by atoms with Crippen molar-refractivity contribution in [1.29, 1.82) is 0 Å². The molecule has 1 aromatic heterocycles. The summed E-state index contributed by atoms with van der Waals surface area (Å²) in [5.41, 5.74) is 1.23. The maximum absolute atomic E-state index is 12.4. The third-order valence-corrected chi connectivity index (χ3v) is 5.86. The van der Waals surface area contributed by atoms with Gasteiger partial charge in [0.1, 0.15) is 5.82 Å². The minimum atomic E-state index is -0.0910. The van der Waals surface area contributed by atoms with Gasteiger partial charge in [-0.05, 0) is 38.7 Å². The molecule has 6 nitrogen and oxygen atoms in total. The number of nitrogens with one attached hydrogen (secondary N) is 1. The number of hydrogen-bond donors (Lipinski definition) is 1. The van der Waals surface area contributed by atoms with Gasteiger partial charge >= 0.3 is 0 Å². The van der Waals surface area contributed by atoms with Gasteiger partial charge in [-0.3, -0.25) is 9.78 Å². The standard InChI is InChI=1S/C21H28N4O2/c1-15-16(2)27-12-11-24(15)19-14-20(26)23-21(22-19)25-10-6-9-18(25)13-17-7-4-3-5-8-17/h3-5,7-8,14-16,18H,6,9-13H2,1-2H3,(H,22,23,26)/t15-,16-,18-/m0/s1. The van der Waals surface area contributed by atoms with Crippen molar-refractivity contribution in [2.45, 2.75) is 51.3 Å². The largest absolute Gasteiger partial charge is 0.375 e. The molecule has 0 unspecified atom stereocenters. The number of hydrogen-bond acceptors (Lipinski definition) is 5. The highest BCUT2D eigenvalue weighted by molar-refractivity contribution is 5.46. The SMILES string of the molecule is C[C@@H]1OCCN(c2cc(=O)[nH]c(N3CCC[C@H]3Cc3ccccc3)n2)[C@H]1C. The number of benzene rings is 1. The van der Waals surface area contributed by atoms with Crippen molar-refractivity contribution in [1.82, 2.24) is 9.97 Å². The second kappa shape index (κ2) is 7.72. The van der Waals surface area contributed by atoms with Crippen LogP contribution in [0.25, 0.3) is 0 Å². The van der Waals surface area contributed by atoms with Crippen LogP contribution in [-0.2, 0) is 11.2 Å². The fourth-order valence-electron chi connectivity index (χ4n) is 4.18. The first kappa shape index (κ1) is 18.0. The molecule has 2 fully saturated rings. The maximum atomic E-state index is 12.4. The monoisotopic (exact) mass is 368 g/mol. The van der Waals surface area contributed by atoms with E-state index >= 15 is 0 Å². The summed E-state index contributed by atoms with van der Waals surface area (Å²) in [6.45, 7) is 6.55. The van der Waals surface area contributed by atoms with Crippen molar-refractivity contribution in [3.8, 4) is 0 Å². The van der Waals surface area contributed by atoms with Gasteiger partial charge in [0.2, 0.25) is 5.95 Å². The van der Waals surface area contributed by atoms with Gasteiger partial charge in [-0.1, -0.05) is 30.3 Å². The maximum Gasteiger partial charge on any atom is 0.254 e. The van der Waals surface area contributed by atoms with Crippen LogP contribution in [0.3, 0.4) is 0 Å². The van der Waals surface area contributed by atoms with E-state index in [1.54, 1.807) is 6.07 Å². The van der Waals surface area contributed by atoms with E-state index in [0.29, 0.717) is 18.6 Å². The Labute approximate surface area is 160 Å². The molecular formula is C21H28N4O2. The van der Waals surface area contributed by atoms with Crippen LogP contribution in [-0.4, -0.2) is 47.9 Å². The lowest BCUT2D eigenvalue weighted by Gasteiger charge is -2.38. The van der Waals surface area contributed by atoms with Gasteiger partial charge in [-0.2, -0.15) is 4.98 Å². The minimum Gasteiger partial charge on any atom is -0.375 e. The molecular weight excluding hydrogens is 340 g/mol. The van der Waals surface area contributed by atoms with Crippen molar-refractivity contribution in [2.75, 3.05) is 29.5 Å². The van der Waals surface area contributed by atoms with E-state index in [9.17, 15) is 4.79 Å². The highest BCUT2D eigenvalue weighted by Gasteiger charge is 2.30. The Morgan fingerprint density at radius 2 is 2.00 bits per heavy atom. The summed E-state index contributed by atoms with van der Waals surface area (Å²) in [7, 11) is 0. The molecule has 0 radical (unpaired) electrons. The quantitative estimate of drug-likeness (QED) is 0.899. The molecule has 0 aliphatic carbocycles. The van der Waals surface area contributed by atoms with Crippen molar-refractivity contribution < 1.29 is 4.74 Å². The number of rotatable bonds is 4. The zero-order valence-electron chi connectivity index (χ0n) is 16.1. The van der Waals surface area contributed by atoms with Crippen LogP contribution in [0.2, 0.25) is 0 Å². The summed E-state index contributed by atoms with van der Waals surface area (Å²) in [4.78, 5) is 24.7. The van der Waals surface area contributed by atoms with E-state index < -0.39 is 0 Å². The number of nitrogens with zero attached hydrogens (tertiary/aromatic N) is 3. The van der Waals surface area contributed by atoms with Crippen LogP contribution >= 0.6 is 0 Å². The average Bonchev–Trinajstić information content (AvgIpc) is 3.12. The summed E-state index contributed by atoms with van der Waals surface area (Å²) in [6.07, 6.45) is 3.34. The Morgan fingerprint density at radius 3 is 2.81 bits per heavy atom. The summed E-state index contributed by atoms with van der Waals surface area (Å²) in [6, 6.07) is 12.7. The Kier molecular flexibility index (Phi) is 5.16. The van der Waals surface area contributed by atoms with Crippen molar-refractivity contribution >= 4 is 11.8 Å². The lowest BCUT2D eigenvalue weighted by atomic mass is 10.0. The van der Waals surface area contributed by atoms with Crippen LogP contribution < -0.4 is 15.4 Å². The number of morpholine rings is 1. The van der Waals surface area contributed by atoms with E-state index in [4.69, 9.17) is 9.72 Å². The molecule has 2 aliphatic heterocycles. The number of aromatic nitrogens is 2. The molecule has 27 heavy (non-hydrogen) atoms. The molecule has 2 aliphatic rings. The highest BCUT2D eigenvalue weighted by atomic mass is 16.5. The molecule has 0 bridgehead atoms. The van der Waals surface area contributed by atoms with Crippen molar-refractivity contribution in [3.05, 3.63) is 52.3 Å². The number of ether oxygens (including phenoxy) is 1.